The summed E-state index contributed by atoms with van der Waals surface area (Å²) >= 11 is 0. The number of aliphatic hydroxyl groups is 1. The van der Waals surface area contributed by atoms with Gasteiger partial charge in [0.2, 0.25) is 5.90 Å². The highest BCUT2D eigenvalue weighted by atomic mass is 16.6. The highest BCUT2D eigenvalue weighted by molar-refractivity contribution is 6.05. The van der Waals surface area contributed by atoms with Gasteiger partial charge in [-0.1, -0.05) is 18.2 Å². The summed E-state index contributed by atoms with van der Waals surface area (Å²) in [5.74, 6) is 0.238. The maximum absolute atomic E-state index is 13.5. The number of ether oxygens (including phenoxy) is 3. The van der Waals surface area contributed by atoms with Crippen LogP contribution >= 0.6 is 0 Å². The second kappa shape index (κ2) is 11.4. The Kier molecular flexibility index (Phi) is 8.51. The summed E-state index contributed by atoms with van der Waals surface area (Å²) in [7, 11) is 0. The number of aliphatic hydroxyl groups excluding tert-OH is 1. The smallest absolute Gasteiger partial charge is 0.306 e. The zero-order valence-corrected chi connectivity index (χ0v) is 20.7. The van der Waals surface area contributed by atoms with Crippen LogP contribution < -0.4 is 10.1 Å². The molecule has 0 unspecified atom stereocenters. The first-order valence-corrected chi connectivity index (χ1v) is 11.8. The first kappa shape index (κ1) is 26.2. The van der Waals surface area contributed by atoms with Gasteiger partial charge >= 0.3 is 5.97 Å². The summed E-state index contributed by atoms with van der Waals surface area (Å²) in [5.41, 5.74) is -0.602. The van der Waals surface area contributed by atoms with Crippen LogP contribution in [0, 0.1) is 0 Å². The fraction of sp³-hybridized carbons (Fsp3) is 0.444. The molecule has 35 heavy (non-hydrogen) atoms. The molecular formula is C27H34N2O6. The number of carbonyl (C=O) groups excluding carboxylic acids is 2. The van der Waals surface area contributed by atoms with E-state index in [4.69, 9.17) is 24.3 Å². The molecule has 0 saturated heterocycles. The third kappa shape index (κ3) is 7.05. The van der Waals surface area contributed by atoms with Crippen molar-refractivity contribution in [3.05, 3.63) is 60.2 Å². The van der Waals surface area contributed by atoms with Gasteiger partial charge in [-0.05, 0) is 70.5 Å². The molecule has 0 radical (unpaired) electrons. The van der Waals surface area contributed by atoms with Crippen molar-refractivity contribution in [2.75, 3.05) is 18.5 Å². The number of aliphatic imine (C=N–C) groups is 1. The van der Waals surface area contributed by atoms with Crippen molar-refractivity contribution in [2.24, 2.45) is 4.99 Å². The molecule has 1 heterocycles. The molecule has 8 nitrogen and oxygen atoms in total. The Morgan fingerprint density at radius 2 is 1.80 bits per heavy atom. The van der Waals surface area contributed by atoms with Crippen molar-refractivity contribution >= 4 is 23.5 Å². The lowest BCUT2D eigenvalue weighted by atomic mass is 9.87. The van der Waals surface area contributed by atoms with E-state index < -0.39 is 23.2 Å². The van der Waals surface area contributed by atoms with Crippen LogP contribution in [0.15, 0.2) is 59.6 Å². The Bertz CT molecular complexity index is 1030. The predicted octanol–water partition coefficient (Wildman–Crippen LogP) is 4.11. The van der Waals surface area contributed by atoms with Crippen LogP contribution in [0.5, 0.6) is 5.75 Å². The summed E-state index contributed by atoms with van der Waals surface area (Å²) in [5, 5.41) is 11.8. The van der Waals surface area contributed by atoms with Crippen molar-refractivity contribution in [2.45, 2.75) is 64.2 Å². The number of benzene rings is 2. The maximum Gasteiger partial charge on any atom is 0.306 e. The number of anilines is 1. The highest BCUT2D eigenvalue weighted by Crippen LogP contribution is 2.35. The van der Waals surface area contributed by atoms with E-state index in [0.29, 0.717) is 35.9 Å². The van der Waals surface area contributed by atoms with Crippen LogP contribution in [0.2, 0.25) is 0 Å². The average Bonchev–Trinajstić information content (AvgIpc) is 3.15. The number of esters is 1. The van der Waals surface area contributed by atoms with Gasteiger partial charge in [-0.3, -0.25) is 9.59 Å². The van der Waals surface area contributed by atoms with Crippen LogP contribution in [0.4, 0.5) is 5.69 Å². The molecule has 0 fully saturated rings. The summed E-state index contributed by atoms with van der Waals surface area (Å²) < 4.78 is 17.1. The minimum Gasteiger partial charge on any atom is -0.494 e. The summed E-state index contributed by atoms with van der Waals surface area (Å²) in [6.45, 7) is 7.67. The predicted molar refractivity (Wildman–Crippen MR) is 134 cm³/mol. The first-order chi connectivity index (χ1) is 16.6. The lowest BCUT2D eigenvalue weighted by molar-refractivity contribution is -0.155. The fourth-order valence-electron chi connectivity index (χ4n) is 3.70. The van der Waals surface area contributed by atoms with Crippen LogP contribution in [-0.4, -0.2) is 53.3 Å². The lowest BCUT2D eigenvalue weighted by Crippen LogP contribution is -2.48. The minimum absolute atomic E-state index is 0.0155. The Balaban J connectivity index is 1.85. The molecule has 2 aromatic rings. The Morgan fingerprint density at radius 1 is 1.11 bits per heavy atom. The van der Waals surface area contributed by atoms with Crippen molar-refractivity contribution in [1.82, 2.24) is 0 Å². The number of amides is 1. The maximum atomic E-state index is 13.5. The highest BCUT2D eigenvalue weighted by Gasteiger charge is 2.50. The topological polar surface area (TPSA) is 106 Å². The number of nitrogens with zero attached hydrogens (tertiary/aromatic N) is 1. The van der Waals surface area contributed by atoms with Gasteiger partial charge in [0.1, 0.15) is 17.5 Å². The van der Waals surface area contributed by atoms with Crippen molar-refractivity contribution in [1.29, 1.82) is 0 Å². The molecule has 0 aromatic heterocycles. The van der Waals surface area contributed by atoms with E-state index in [1.807, 2.05) is 18.2 Å². The normalized spacial score (nSPS) is 19.5. The Labute approximate surface area is 206 Å². The number of nitrogens with one attached hydrogen (secondary N) is 1. The number of rotatable bonds is 10. The van der Waals surface area contributed by atoms with E-state index in [1.165, 1.54) is 0 Å². The molecule has 0 saturated carbocycles. The molecule has 188 valence electrons. The van der Waals surface area contributed by atoms with Gasteiger partial charge in [0, 0.05) is 30.7 Å². The van der Waals surface area contributed by atoms with Crippen molar-refractivity contribution in [3.63, 3.8) is 0 Å². The van der Waals surface area contributed by atoms with Gasteiger partial charge in [-0.2, -0.15) is 0 Å². The number of hydrogen-bond acceptors (Lipinski definition) is 7. The van der Waals surface area contributed by atoms with E-state index >= 15 is 0 Å². The fourth-order valence-corrected chi connectivity index (χ4v) is 3.70. The Hall–Kier alpha value is -3.39. The quantitative estimate of drug-likeness (QED) is 0.390. The minimum atomic E-state index is -1.31. The zero-order chi connectivity index (χ0) is 25.5. The second-order valence-electron chi connectivity index (χ2n) is 9.46. The third-order valence-electron chi connectivity index (χ3n) is 5.49. The molecule has 0 spiro atoms. The van der Waals surface area contributed by atoms with Crippen LogP contribution in [-0.2, 0) is 19.1 Å². The summed E-state index contributed by atoms with van der Waals surface area (Å²) in [4.78, 5) is 30.7. The standard InChI is InChI=1S/C27H34N2O6/c1-19-27(16-15-23(31)35-26(2,3)4,25(32)28-21-9-6-5-7-10-21)29-24(34-19)20-11-13-22(14-12-20)33-18-8-17-30/h5-7,9-14,19,30H,8,15-18H2,1-4H3,(H,28,32)/t19-,27-/m1/s1. The van der Waals surface area contributed by atoms with Crippen LogP contribution in [0.1, 0.15) is 52.5 Å². The second-order valence-corrected chi connectivity index (χ2v) is 9.46. The SMILES string of the molecule is C[C@H]1OC(c2ccc(OCCCO)cc2)=N[C@@]1(CCC(=O)OC(C)(C)C)C(=O)Nc1ccccc1. The molecular weight excluding hydrogens is 448 g/mol. The monoisotopic (exact) mass is 482 g/mol. The third-order valence-corrected chi connectivity index (χ3v) is 5.49. The van der Waals surface area contributed by atoms with Crippen molar-refractivity contribution < 1.29 is 28.9 Å². The molecule has 0 aliphatic carbocycles. The van der Waals surface area contributed by atoms with E-state index in [0.717, 1.165) is 0 Å². The van der Waals surface area contributed by atoms with E-state index in [1.54, 1.807) is 64.1 Å². The van der Waals surface area contributed by atoms with Crippen LogP contribution in [0.3, 0.4) is 0 Å². The molecule has 2 atom stereocenters. The summed E-state index contributed by atoms with van der Waals surface area (Å²) in [6, 6.07) is 16.3. The summed E-state index contributed by atoms with van der Waals surface area (Å²) in [6.07, 6.45) is 0.0881. The van der Waals surface area contributed by atoms with Gasteiger partial charge in [0.25, 0.3) is 5.91 Å². The largest absolute Gasteiger partial charge is 0.494 e. The number of hydrogen-bond donors (Lipinski definition) is 2. The van der Waals surface area contributed by atoms with Gasteiger partial charge in [-0.25, -0.2) is 4.99 Å². The van der Waals surface area contributed by atoms with Gasteiger partial charge in [0.15, 0.2) is 5.54 Å². The van der Waals surface area contributed by atoms with E-state index in [2.05, 4.69) is 5.32 Å². The molecule has 2 N–H and O–H groups in total. The number of carbonyl (C=O) groups is 2. The molecule has 8 heteroatoms. The molecule has 0 bridgehead atoms. The van der Waals surface area contributed by atoms with Crippen LogP contribution in [0.25, 0.3) is 0 Å². The van der Waals surface area contributed by atoms with E-state index in [9.17, 15) is 9.59 Å². The zero-order valence-electron chi connectivity index (χ0n) is 20.7. The number of para-hydroxylation sites is 1. The van der Waals surface area contributed by atoms with E-state index in [-0.39, 0.29) is 25.4 Å². The molecule has 2 aromatic carbocycles. The van der Waals surface area contributed by atoms with Gasteiger partial charge in [0.05, 0.1) is 6.61 Å². The molecule has 1 amide bonds. The Morgan fingerprint density at radius 3 is 2.43 bits per heavy atom. The van der Waals surface area contributed by atoms with Crippen molar-refractivity contribution in [3.8, 4) is 5.75 Å². The molecule has 1 aliphatic heterocycles. The van der Waals surface area contributed by atoms with Gasteiger partial charge in [-0.15, -0.1) is 0 Å². The van der Waals surface area contributed by atoms with Gasteiger partial charge < -0.3 is 24.6 Å². The average molecular weight is 483 g/mol. The molecule has 1 aliphatic rings. The molecule has 3 rings (SSSR count). The lowest BCUT2D eigenvalue weighted by Gasteiger charge is -2.28. The first-order valence-electron chi connectivity index (χ1n) is 11.8.